The Balaban J connectivity index is 1.83. The fourth-order valence-corrected chi connectivity index (χ4v) is 3.42. The molecule has 2 amide bonds. The number of carboxylic acid groups (broad SMARTS) is 1. The molecule has 1 aliphatic carbocycles. The quantitative estimate of drug-likeness (QED) is 0.878. The van der Waals surface area contributed by atoms with Gasteiger partial charge in [0, 0.05) is 18.2 Å². The van der Waals surface area contributed by atoms with Gasteiger partial charge in [-0.15, -0.1) is 0 Å². The van der Waals surface area contributed by atoms with Crippen LogP contribution in [0.1, 0.15) is 31.7 Å². The van der Waals surface area contributed by atoms with Gasteiger partial charge in [0.05, 0.1) is 0 Å². The van der Waals surface area contributed by atoms with Crippen LogP contribution in [0.3, 0.4) is 0 Å². The Hall–Kier alpha value is -2.04. The first-order valence-electron chi connectivity index (χ1n) is 7.48. The molecule has 21 heavy (non-hydrogen) atoms. The summed E-state index contributed by atoms with van der Waals surface area (Å²) in [5, 5.41) is 12.4. The molecule has 2 aliphatic rings. The van der Waals surface area contributed by atoms with Crippen molar-refractivity contribution < 1.29 is 14.7 Å². The van der Waals surface area contributed by atoms with Crippen LogP contribution in [0.4, 0.5) is 10.5 Å². The molecule has 1 saturated carbocycles. The van der Waals surface area contributed by atoms with E-state index in [9.17, 15) is 14.7 Å². The number of nitrogens with zero attached hydrogens (tertiary/aromatic N) is 1. The predicted octanol–water partition coefficient (Wildman–Crippen LogP) is 2.40. The lowest BCUT2D eigenvalue weighted by molar-refractivity contribution is -0.138. The van der Waals surface area contributed by atoms with Gasteiger partial charge in [-0.05, 0) is 30.4 Å². The van der Waals surface area contributed by atoms with Crippen molar-refractivity contribution in [1.82, 2.24) is 5.32 Å². The second-order valence-electron chi connectivity index (χ2n) is 6.02. The first kappa shape index (κ1) is 13.9. The van der Waals surface area contributed by atoms with Gasteiger partial charge in [-0.1, -0.05) is 31.5 Å². The molecule has 1 aromatic carbocycles. The van der Waals surface area contributed by atoms with E-state index in [0.717, 1.165) is 24.8 Å². The van der Waals surface area contributed by atoms with Gasteiger partial charge in [0.25, 0.3) is 0 Å². The van der Waals surface area contributed by atoms with Crippen molar-refractivity contribution >= 4 is 17.7 Å². The van der Waals surface area contributed by atoms with Crippen molar-refractivity contribution in [2.24, 2.45) is 5.92 Å². The molecular weight excluding hydrogens is 268 g/mol. The summed E-state index contributed by atoms with van der Waals surface area (Å²) in [7, 11) is 0. The number of hydrogen-bond donors (Lipinski definition) is 2. The molecule has 5 heteroatoms. The van der Waals surface area contributed by atoms with Crippen LogP contribution in [-0.2, 0) is 11.2 Å². The van der Waals surface area contributed by atoms with Crippen LogP contribution in [0.15, 0.2) is 24.3 Å². The number of amides is 2. The SMILES string of the molecule is CC1CCCC1NC(=O)N1c2ccccc2CC1C(=O)O. The van der Waals surface area contributed by atoms with Gasteiger partial charge >= 0.3 is 12.0 Å². The third-order valence-corrected chi connectivity index (χ3v) is 4.65. The lowest BCUT2D eigenvalue weighted by atomic mass is 10.1. The van der Waals surface area contributed by atoms with Crippen LogP contribution in [-0.4, -0.2) is 29.2 Å². The smallest absolute Gasteiger partial charge is 0.327 e. The number of para-hydroxylation sites is 1. The third kappa shape index (κ3) is 2.48. The maximum atomic E-state index is 12.6. The number of benzene rings is 1. The number of carboxylic acids is 1. The Bertz CT molecular complexity index is 572. The molecule has 0 saturated heterocycles. The molecule has 1 aliphatic heterocycles. The molecular formula is C16H20N2O3. The van der Waals surface area contributed by atoms with Gasteiger partial charge in [0.15, 0.2) is 0 Å². The zero-order chi connectivity index (χ0) is 15.0. The monoisotopic (exact) mass is 288 g/mol. The van der Waals surface area contributed by atoms with Crippen molar-refractivity contribution in [3.05, 3.63) is 29.8 Å². The van der Waals surface area contributed by atoms with E-state index in [2.05, 4.69) is 12.2 Å². The van der Waals surface area contributed by atoms with E-state index < -0.39 is 12.0 Å². The van der Waals surface area contributed by atoms with Gasteiger partial charge < -0.3 is 10.4 Å². The molecule has 1 heterocycles. The summed E-state index contributed by atoms with van der Waals surface area (Å²) in [4.78, 5) is 25.4. The van der Waals surface area contributed by atoms with Crippen LogP contribution in [0, 0.1) is 5.92 Å². The molecule has 1 fully saturated rings. The number of nitrogens with one attached hydrogen (secondary N) is 1. The summed E-state index contributed by atoms with van der Waals surface area (Å²) in [6.07, 6.45) is 3.58. The normalized spacial score (nSPS) is 27.5. The number of carbonyl (C=O) groups excluding carboxylic acids is 1. The predicted molar refractivity (Wildman–Crippen MR) is 79.4 cm³/mol. The highest BCUT2D eigenvalue weighted by molar-refractivity contribution is 6.01. The Labute approximate surface area is 123 Å². The highest BCUT2D eigenvalue weighted by Gasteiger charge is 2.39. The standard InChI is InChI=1S/C16H20N2O3/c1-10-5-4-7-12(10)17-16(21)18-13-8-3-2-6-11(13)9-14(18)15(19)20/h2-3,6,8,10,12,14H,4-5,7,9H2,1H3,(H,17,21)(H,19,20). The number of fused-ring (bicyclic) bond motifs is 1. The third-order valence-electron chi connectivity index (χ3n) is 4.65. The molecule has 2 N–H and O–H groups in total. The maximum Gasteiger partial charge on any atom is 0.327 e. The second-order valence-corrected chi connectivity index (χ2v) is 6.02. The van der Waals surface area contributed by atoms with Gasteiger partial charge in [-0.3, -0.25) is 4.90 Å². The fraction of sp³-hybridized carbons (Fsp3) is 0.500. The van der Waals surface area contributed by atoms with E-state index in [1.165, 1.54) is 4.90 Å². The minimum Gasteiger partial charge on any atom is -0.480 e. The highest BCUT2D eigenvalue weighted by Crippen LogP contribution is 2.33. The summed E-state index contributed by atoms with van der Waals surface area (Å²) < 4.78 is 0. The number of aliphatic carboxylic acids is 1. The number of hydrogen-bond acceptors (Lipinski definition) is 2. The van der Waals surface area contributed by atoms with E-state index >= 15 is 0 Å². The molecule has 0 aromatic heterocycles. The summed E-state index contributed by atoms with van der Waals surface area (Å²) >= 11 is 0. The molecule has 5 nitrogen and oxygen atoms in total. The molecule has 3 rings (SSSR count). The van der Waals surface area contributed by atoms with Crippen LogP contribution in [0.25, 0.3) is 0 Å². The number of carbonyl (C=O) groups is 2. The van der Waals surface area contributed by atoms with E-state index in [-0.39, 0.29) is 12.1 Å². The average molecular weight is 288 g/mol. The Morgan fingerprint density at radius 2 is 2.05 bits per heavy atom. The van der Waals surface area contributed by atoms with Crippen LogP contribution >= 0.6 is 0 Å². The average Bonchev–Trinajstić information content (AvgIpc) is 3.03. The van der Waals surface area contributed by atoms with Crippen molar-refractivity contribution in [1.29, 1.82) is 0 Å². The zero-order valence-electron chi connectivity index (χ0n) is 12.1. The Kier molecular flexibility index (Phi) is 3.57. The number of urea groups is 1. The summed E-state index contributed by atoms with van der Waals surface area (Å²) in [6, 6.07) is 6.47. The van der Waals surface area contributed by atoms with Crippen molar-refractivity contribution in [2.75, 3.05) is 4.90 Å². The minimum absolute atomic E-state index is 0.153. The zero-order valence-corrected chi connectivity index (χ0v) is 12.1. The van der Waals surface area contributed by atoms with Crippen molar-refractivity contribution in [3.8, 4) is 0 Å². The van der Waals surface area contributed by atoms with Crippen LogP contribution in [0.2, 0.25) is 0 Å². The highest BCUT2D eigenvalue weighted by atomic mass is 16.4. The van der Waals surface area contributed by atoms with Crippen LogP contribution < -0.4 is 10.2 Å². The van der Waals surface area contributed by atoms with E-state index in [1.807, 2.05) is 24.3 Å². The van der Waals surface area contributed by atoms with E-state index in [1.54, 1.807) is 0 Å². The topological polar surface area (TPSA) is 69.6 Å². The molecule has 0 spiro atoms. The molecule has 1 aromatic rings. The van der Waals surface area contributed by atoms with E-state index in [0.29, 0.717) is 18.0 Å². The summed E-state index contributed by atoms with van der Waals surface area (Å²) in [5.41, 5.74) is 1.63. The Morgan fingerprint density at radius 1 is 1.29 bits per heavy atom. The number of anilines is 1. The van der Waals surface area contributed by atoms with Gasteiger partial charge in [-0.2, -0.15) is 0 Å². The molecule has 0 bridgehead atoms. The molecule has 0 radical (unpaired) electrons. The van der Waals surface area contributed by atoms with Gasteiger partial charge in [-0.25, -0.2) is 9.59 Å². The lowest BCUT2D eigenvalue weighted by Gasteiger charge is -2.26. The van der Waals surface area contributed by atoms with Gasteiger partial charge in [0.2, 0.25) is 0 Å². The second kappa shape index (κ2) is 5.39. The summed E-state index contributed by atoms with van der Waals surface area (Å²) in [6.45, 7) is 2.13. The van der Waals surface area contributed by atoms with Crippen LogP contribution in [0.5, 0.6) is 0 Å². The lowest BCUT2D eigenvalue weighted by Crippen LogP contribution is -2.51. The van der Waals surface area contributed by atoms with Gasteiger partial charge in [0.1, 0.15) is 6.04 Å². The molecule has 3 atom stereocenters. The molecule has 3 unspecified atom stereocenters. The first-order chi connectivity index (χ1) is 10.1. The largest absolute Gasteiger partial charge is 0.480 e. The van der Waals surface area contributed by atoms with E-state index in [4.69, 9.17) is 0 Å². The fourth-order valence-electron chi connectivity index (χ4n) is 3.42. The molecule has 112 valence electrons. The minimum atomic E-state index is -0.958. The maximum absolute atomic E-state index is 12.6. The number of rotatable bonds is 2. The first-order valence-corrected chi connectivity index (χ1v) is 7.48. The Morgan fingerprint density at radius 3 is 2.71 bits per heavy atom. The van der Waals surface area contributed by atoms with Crippen molar-refractivity contribution in [3.63, 3.8) is 0 Å². The summed E-state index contributed by atoms with van der Waals surface area (Å²) in [5.74, 6) is -0.504. The van der Waals surface area contributed by atoms with Crippen molar-refractivity contribution in [2.45, 2.75) is 44.7 Å².